The molecule has 1 fully saturated rings. The second-order valence-electron chi connectivity index (χ2n) is 7.63. The number of ether oxygens (including phenoxy) is 1. The molecule has 0 bridgehead atoms. The van der Waals surface area contributed by atoms with Crippen LogP contribution in [0.25, 0.3) is 0 Å². The van der Waals surface area contributed by atoms with Crippen molar-refractivity contribution in [1.82, 2.24) is 10.2 Å². The molecule has 140 valence electrons. The topological polar surface area (TPSA) is 36.9 Å². The molecule has 0 aromatic heterocycles. The van der Waals surface area contributed by atoms with Crippen LogP contribution >= 0.6 is 0 Å². The summed E-state index contributed by atoms with van der Waals surface area (Å²) in [4.78, 5) is 7.03. The van der Waals surface area contributed by atoms with Crippen LogP contribution in [0.5, 0.6) is 0 Å². The third kappa shape index (κ3) is 3.10. The van der Waals surface area contributed by atoms with E-state index in [1.54, 1.807) is 0 Å². The standard InChI is InChI=1S/C22H24FN3O/c23-18-7-5-16(6-8-18)21-19-4-2-1-3-15(19)10-12-26(21)22-25-14-20(27-22)17-9-11-24-13-17/h1-8,17,20-21,24H,9-14H2/t17?,20?,21-/m0/s1. The van der Waals surface area contributed by atoms with Gasteiger partial charge in [-0.15, -0.1) is 0 Å². The Morgan fingerprint density at radius 2 is 1.96 bits per heavy atom. The molecule has 3 heterocycles. The van der Waals surface area contributed by atoms with E-state index in [0.29, 0.717) is 5.92 Å². The van der Waals surface area contributed by atoms with Crippen LogP contribution in [-0.2, 0) is 11.2 Å². The van der Waals surface area contributed by atoms with E-state index in [-0.39, 0.29) is 18.0 Å². The van der Waals surface area contributed by atoms with Crippen molar-refractivity contribution < 1.29 is 9.13 Å². The first-order valence-corrected chi connectivity index (χ1v) is 9.81. The molecule has 0 spiro atoms. The van der Waals surface area contributed by atoms with Gasteiger partial charge < -0.3 is 15.0 Å². The van der Waals surface area contributed by atoms with Crippen molar-refractivity contribution >= 4 is 6.02 Å². The molecule has 5 heteroatoms. The Bertz CT molecular complexity index is 845. The lowest BCUT2D eigenvalue weighted by Gasteiger charge is -2.38. The van der Waals surface area contributed by atoms with Crippen LogP contribution in [-0.4, -0.2) is 43.2 Å². The maximum absolute atomic E-state index is 13.5. The zero-order valence-corrected chi connectivity index (χ0v) is 15.3. The molecular formula is C22H24FN3O. The van der Waals surface area contributed by atoms with Crippen molar-refractivity contribution in [3.05, 3.63) is 71.0 Å². The number of halogens is 1. The second kappa shape index (κ2) is 6.97. The number of nitrogens with one attached hydrogen (secondary N) is 1. The lowest BCUT2D eigenvalue weighted by molar-refractivity contribution is 0.126. The van der Waals surface area contributed by atoms with Gasteiger partial charge in [0.2, 0.25) is 0 Å². The molecule has 27 heavy (non-hydrogen) atoms. The third-order valence-corrected chi connectivity index (χ3v) is 6.00. The first-order chi connectivity index (χ1) is 13.3. The van der Waals surface area contributed by atoms with Gasteiger partial charge in [-0.3, -0.25) is 0 Å². The maximum atomic E-state index is 13.5. The molecule has 4 nitrogen and oxygen atoms in total. The van der Waals surface area contributed by atoms with Gasteiger partial charge in [0.1, 0.15) is 11.9 Å². The van der Waals surface area contributed by atoms with Gasteiger partial charge in [0.05, 0.1) is 12.6 Å². The smallest absolute Gasteiger partial charge is 0.288 e. The summed E-state index contributed by atoms with van der Waals surface area (Å²) in [6.07, 6.45) is 2.28. The Morgan fingerprint density at radius 3 is 2.78 bits per heavy atom. The molecule has 2 aromatic carbocycles. The van der Waals surface area contributed by atoms with Gasteiger partial charge in [0.15, 0.2) is 0 Å². The number of amidine groups is 1. The van der Waals surface area contributed by atoms with E-state index < -0.39 is 0 Å². The van der Waals surface area contributed by atoms with Crippen molar-refractivity contribution in [3.8, 4) is 0 Å². The highest BCUT2D eigenvalue weighted by Gasteiger charge is 2.37. The second-order valence-corrected chi connectivity index (χ2v) is 7.63. The minimum absolute atomic E-state index is 0.00903. The Balaban J connectivity index is 1.47. The van der Waals surface area contributed by atoms with Gasteiger partial charge in [-0.05, 0) is 48.2 Å². The lowest BCUT2D eigenvalue weighted by Crippen LogP contribution is -2.42. The quantitative estimate of drug-likeness (QED) is 0.888. The Kier molecular flexibility index (Phi) is 4.32. The minimum atomic E-state index is -0.211. The fourth-order valence-electron chi connectivity index (χ4n) is 4.55. The Morgan fingerprint density at radius 1 is 1.11 bits per heavy atom. The van der Waals surface area contributed by atoms with E-state index in [2.05, 4.69) is 34.5 Å². The van der Waals surface area contributed by atoms with E-state index in [9.17, 15) is 4.39 Å². The summed E-state index contributed by atoms with van der Waals surface area (Å²) >= 11 is 0. The summed E-state index contributed by atoms with van der Waals surface area (Å²) in [5.74, 6) is 0.324. The van der Waals surface area contributed by atoms with Crippen molar-refractivity contribution in [3.63, 3.8) is 0 Å². The van der Waals surface area contributed by atoms with Crippen LogP contribution in [0.3, 0.4) is 0 Å². The van der Waals surface area contributed by atoms with Crippen LogP contribution < -0.4 is 5.32 Å². The molecule has 0 aliphatic carbocycles. The van der Waals surface area contributed by atoms with Crippen molar-refractivity contribution in [2.45, 2.75) is 25.0 Å². The highest BCUT2D eigenvalue weighted by Crippen LogP contribution is 2.37. The zero-order valence-electron chi connectivity index (χ0n) is 15.3. The molecule has 0 amide bonds. The summed E-state index contributed by atoms with van der Waals surface area (Å²) in [5, 5.41) is 3.42. The SMILES string of the molecule is Fc1ccc([C@H]2c3ccccc3CCN2C2=NCC(C3CCNC3)O2)cc1. The maximum Gasteiger partial charge on any atom is 0.288 e. The monoisotopic (exact) mass is 365 g/mol. The zero-order chi connectivity index (χ0) is 18.2. The molecule has 3 aliphatic rings. The van der Waals surface area contributed by atoms with Crippen LogP contribution in [0.1, 0.15) is 29.2 Å². The Hall–Kier alpha value is -2.40. The van der Waals surface area contributed by atoms with Gasteiger partial charge in [-0.25, -0.2) is 9.38 Å². The molecule has 3 atom stereocenters. The van der Waals surface area contributed by atoms with Crippen molar-refractivity contribution in [2.24, 2.45) is 10.9 Å². The molecule has 1 saturated heterocycles. The predicted octanol–water partition coefficient (Wildman–Crippen LogP) is 3.14. The van der Waals surface area contributed by atoms with Gasteiger partial charge in [0, 0.05) is 19.0 Å². The van der Waals surface area contributed by atoms with E-state index >= 15 is 0 Å². The van der Waals surface area contributed by atoms with E-state index in [1.165, 1.54) is 23.3 Å². The molecule has 0 saturated carbocycles. The molecule has 5 rings (SSSR count). The predicted molar refractivity (Wildman–Crippen MR) is 103 cm³/mol. The number of benzene rings is 2. The first-order valence-electron chi connectivity index (χ1n) is 9.81. The van der Waals surface area contributed by atoms with Gasteiger partial charge in [0.25, 0.3) is 6.02 Å². The molecule has 1 N–H and O–H groups in total. The fraction of sp³-hybridized carbons (Fsp3) is 0.409. The highest BCUT2D eigenvalue weighted by atomic mass is 19.1. The average Bonchev–Trinajstić information content (AvgIpc) is 3.39. The first kappa shape index (κ1) is 16.8. The Labute approximate surface area is 159 Å². The van der Waals surface area contributed by atoms with E-state index in [4.69, 9.17) is 9.73 Å². The average molecular weight is 365 g/mol. The van der Waals surface area contributed by atoms with Gasteiger partial charge in [-0.1, -0.05) is 36.4 Å². The summed E-state index contributed by atoms with van der Waals surface area (Å²) in [6.45, 7) is 3.66. The third-order valence-electron chi connectivity index (χ3n) is 6.00. The van der Waals surface area contributed by atoms with Crippen LogP contribution in [0.15, 0.2) is 53.5 Å². The summed E-state index contributed by atoms with van der Waals surface area (Å²) < 4.78 is 19.8. The number of fused-ring (bicyclic) bond motifs is 1. The van der Waals surface area contributed by atoms with Crippen LogP contribution in [0.4, 0.5) is 4.39 Å². The van der Waals surface area contributed by atoms with Gasteiger partial charge >= 0.3 is 0 Å². The lowest BCUT2D eigenvalue weighted by atomic mass is 9.88. The number of aliphatic imine (C=N–C) groups is 1. The molecule has 2 unspecified atom stereocenters. The number of hydrogen-bond acceptors (Lipinski definition) is 4. The van der Waals surface area contributed by atoms with Crippen molar-refractivity contribution in [2.75, 3.05) is 26.2 Å². The van der Waals surface area contributed by atoms with Gasteiger partial charge in [-0.2, -0.15) is 0 Å². The minimum Gasteiger partial charge on any atom is -0.460 e. The molecule has 3 aliphatic heterocycles. The summed E-state index contributed by atoms with van der Waals surface area (Å²) in [6, 6.07) is 16.1. The van der Waals surface area contributed by atoms with Crippen molar-refractivity contribution in [1.29, 1.82) is 0 Å². The number of rotatable bonds is 2. The van der Waals surface area contributed by atoms with E-state index in [1.807, 2.05) is 12.1 Å². The summed E-state index contributed by atoms with van der Waals surface area (Å²) in [7, 11) is 0. The largest absolute Gasteiger partial charge is 0.460 e. The van der Waals surface area contributed by atoms with Crippen LogP contribution in [0, 0.1) is 11.7 Å². The summed E-state index contributed by atoms with van der Waals surface area (Å²) in [5.41, 5.74) is 3.67. The molecule has 2 aromatic rings. The fourth-order valence-corrected chi connectivity index (χ4v) is 4.55. The normalized spacial score (nSPS) is 27.2. The highest BCUT2D eigenvalue weighted by molar-refractivity contribution is 5.77. The number of nitrogens with zero attached hydrogens (tertiary/aromatic N) is 2. The molecular weight excluding hydrogens is 341 g/mol. The van der Waals surface area contributed by atoms with Crippen LogP contribution in [0.2, 0.25) is 0 Å². The molecule has 0 radical (unpaired) electrons. The number of hydrogen-bond donors (Lipinski definition) is 1. The van der Waals surface area contributed by atoms with E-state index in [0.717, 1.165) is 50.6 Å².